The van der Waals surface area contributed by atoms with Crippen LogP contribution in [-0.4, -0.2) is 36.0 Å². The third-order valence-corrected chi connectivity index (χ3v) is 2.83. The summed E-state index contributed by atoms with van der Waals surface area (Å²) in [5, 5.41) is 8.21. The third-order valence-electron chi connectivity index (χ3n) is 2.38. The van der Waals surface area contributed by atoms with Crippen LogP contribution in [-0.2, 0) is 4.74 Å². The van der Waals surface area contributed by atoms with Gasteiger partial charge >= 0.3 is 0 Å². The highest BCUT2D eigenvalue weighted by atomic mass is 35.5. The van der Waals surface area contributed by atoms with Crippen molar-refractivity contribution in [3.05, 3.63) is 16.4 Å². The van der Waals surface area contributed by atoms with E-state index in [-0.39, 0.29) is 6.04 Å². The van der Waals surface area contributed by atoms with Crippen LogP contribution in [0.5, 0.6) is 0 Å². The molecule has 1 unspecified atom stereocenters. The van der Waals surface area contributed by atoms with Gasteiger partial charge in [0, 0.05) is 18.7 Å². The molecule has 0 bridgehead atoms. The Kier molecular flexibility index (Phi) is 3.29. The summed E-state index contributed by atoms with van der Waals surface area (Å²) in [6, 6.07) is 2.01. The molecule has 1 fully saturated rings. The van der Waals surface area contributed by atoms with Gasteiger partial charge in [-0.2, -0.15) is 0 Å². The van der Waals surface area contributed by atoms with Gasteiger partial charge in [0.15, 0.2) is 10.3 Å². The number of morpholine rings is 1. The highest BCUT2D eigenvalue weighted by Crippen LogP contribution is 2.27. The normalized spacial score (nSPS) is 21.8. The van der Waals surface area contributed by atoms with Crippen molar-refractivity contribution < 1.29 is 4.74 Å². The maximum absolute atomic E-state index is 5.98. The van der Waals surface area contributed by atoms with Gasteiger partial charge in [0.25, 0.3) is 0 Å². The Bertz CT molecular complexity index is 361. The molecule has 6 heteroatoms. The predicted molar refractivity (Wildman–Crippen MR) is 59.7 cm³/mol. The number of anilines is 1. The second kappa shape index (κ2) is 4.51. The first-order chi connectivity index (χ1) is 7.18. The largest absolute Gasteiger partial charge is 0.377 e. The summed E-state index contributed by atoms with van der Waals surface area (Å²) in [7, 11) is 0. The van der Waals surface area contributed by atoms with E-state index in [1.54, 1.807) is 6.07 Å². The predicted octanol–water partition coefficient (Wildman–Crippen LogP) is 2.01. The van der Waals surface area contributed by atoms with Crippen LogP contribution >= 0.6 is 23.2 Å². The number of aromatic nitrogens is 2. The number of ether oxygens (including phenoxy) is 1. The average Bonchev–Trinajstić information content (AvgIpc) is 2.23. The number of nitrogens with zero attached hydrogens (tertiary/aromatic N) is 3. The quantitative estimate of drug-likeness (QED) is 0.761. The summed E-state index contributed by atoms with van der Waals surface area (Å²) in [6.45, 7) is 4.25. The third kappa shape index (κ3) is 2.33. The lowest BCUT2D eigenvalue weighted by atomic mass is 10.2. The van der Waals surface area contributed by atoms with Crippen molar-refractivity contribution in [1.82, 2.24) is 10.2 Å². The van der Waals surface area contributed by atoms with Gasteiger partial charge in [-0.05, 0) is 6.92 Å². The van der Waals surface area contributed by atoms with Gasteiger partial charge in [0.1, 0.15) is 0 Å². The fraction of sp³-hybridized carbons (Fsp3) is 0.556. The van der Waals surface area contributed by atoms with E-state index in [0.29, 0.717) is 23.5 Å². The lowest BCUT2D eigenvalue weighted by molar-refractivity contribution is 0.0989. The number of hydrogen-bond donors (Lipinski definition) is 0. The SMILES string of the molecule is CC1COCCN1c1cc(Cl)nnc1Cl. The highest BCUT2D eigenvalue weighted by Gasteiger charge is 2.22. The number of hydrogen-bond acceptors (Lipinski definition) is 4. The van der Waals surface area contributed by atoms with E-state index in [0.717, 1.165) is 12.2 Å². The molecular weight excluding hydrogens is 237 g/mol. The van der Waals surface area contributed by atoms with E-state index >= 15 is 0 Å². The van der Waals surface area contributed by atoms with E-state index in [1.165, 1.54) is 0 Å². The molecule has 15 heavy (non-hydrogen) atoms. The monoisotopic (exact) mass is 247 g/mol. The van der Waals surface area contributed by atoms with Crippen molar-refractivity contribution in [2.75, 3.05) is 24.7 Å². The van der Waals surface area contributed by atoms with Crippen LogP contribution < -0.4 is 4.90 Å². The van der Waals surface area contributed by atoms with E-state index in [1.807, 2.05) is 0 Å². The zero-order valence-corrected chi connectivity index (χ0v) is 9.79. The van der Waals surface area contributed by atoms with E-state index in [4.69, 9.17) is 27.9 Å². The highest BCUT2D eigenvalue weighted by molar-refractivity contribution is 6.33. The molecular formula is C9H11Cl2N3O. The zero-order valence-electron chi connectivity index (χ0n) is 8.28. The molecule has 0 aliphatic carbocycles. The van der Waals surface area contributed by atoms with Crippen molar-refractivity contribution in [2.24, 2.45) is 0 Å². The van der Waals surface area contributed by atoms with Crippen molar-refractivity contribution >= 4 is 28.9 Å². The Hall–Kier alpha value is -0.580. The molecule has 0 spiro atoms. The zero-order chi connectivity index (χ0) is 10.8. The summed E-state index contributed by atoms with van der Waals surface area (Å²) in [5.41, 5.74) is 0.826. The molecule has 0 N–H and O–H groups in total. The van der Waals surface area contributed by atoms with E-state index in [2.05, 4.69) is 22.0 Å². The van der Waals surface area contributed by atoms with Gasteiger partial charge in [-0.25, -0.2) is 0 Å². The maximum atomic E-state index is 5.98. The lowest BCUT2D eigenvalue weighted by Gasteiger charge is -2.35. The second-order valence-corrected chi connectivity index (χ2v) is 4.21. The Morgan fingerprint density at radius 3 is 3.00 bits per heavy atom. The molecule has 2 heterocycles. The van der Waals surface area contributed by atoms with Crippen molar-refractivity contribution in [1.29, 1.82) is 0 Å². The molecule has 1 aliphatic heterocycles. The number of rotatable bonds is 1. The first-order valence-electron chi connectivity index (χ1n) is 4.71. The molecule has 0 radical (unpaired) electrons. The van der Waals surface area contributed by atoms with Gasteiger partial charge in [0.2, 0.25) is 0 Å². The molecule has 82 valence electrons. The number of halogens is 2. The van der Waals surface area contributed by atoms with Gasteiger partial charge in [-0.3, -0.25) is 0 Å². The second-order valence-electron chi connectivity index (χ2n) is 3.46. The molecule has 0 saturated carbocycles. The molecule has 2 rings (SSSR count). The molecule has 1 aromatic heterocycles. The average molecular weight is 248 g/mol. The van der Waals surface area contributed by atoms with Gasteiger partial charge in [-0.15, -0.1) is 10.2 Å². The first kappa shape index (κ1) is 10.9. The van der Waals surface area contributed by atoms with Crippen LogP contribution in [0, 0.1) is 0 Å². The van der Waals surface area contributed by atoms with Crippen LogP contribution in [0.4, 0.5) is 5.69 Å². The Balaban J connectivity index is 2.30. The summed E-state index contributed by atoms with van der Waals surface area (Å²) >= 11 is 11.8. The minimum atomic E-state index is 0.275. The minimum Gasteiger partial charge on any atom is -0.377 e. The fourth-order valence-electron chi connectivity index (χ4n) is 1.63. The van der Waals surface area contributed by atoms with Crippen molar-refractivity contribution in [2.45, 2.75) is 13.0 Å². The standard InChI is InChI=1S/C9H11Cl2N3O/c1-6-5-15-3-2-14(6)7-4-8(10)12-13-9(7)11/h4,6H,2-3,5H2,1H3. The van der Waals surface area contributed by atoms with Crippen LogP contribution in [0.15, 0.2) is 6.07 Å². The maximum Gasteiger partial charge on any atom is 0.175 e. The Labute approximate surface area is 98.1 Å². The summed E-state index contributed by atoms with van der Waals surface area (Å²) in [4.78, 5) is 2.13. The van der Waals surface area contributed by atoms with Crippen LogP contribution in [0.3, 0.4) is 0 Å². The van der Waals surface area contributed by atoms with Crippen LogP contribution in [0.1, 0.15) is 6.92 Å². The van der Waals surface area contributed by atoms with Crippen LogP contribution in [0.25, 0.3) is 0 Å². The van der Waals surface area contributed by atoms with E-state index in [9.17, 15) is 0 Å². The smallest absolute Gasteiger partial charge is 0.175 e. The Morgan fingerprint density at radius 1 is 1.47 bits per heavy atom. The topological polar surface area (TPSA) is 38.2 Å². The summed E-state index contributed by atoms with van der Waals surface area (Å²) in [5.74, 6) is 0. The summed E-state index contributed by atoms with van der Waals surface area (Å²) < 4.78 is 5.35. The Morgan fingerprint density at radius 2 is 2.27 bits per heavy atom. The fourth-order valence-corrected chi connectivity index (χ4v) is 1.97. The molecule has 1 atom stereocenters. The molecule has 0 amide bonds. The van der Waals surface area contributed by atoms with Crippen molar-refractivity contribution in [3.63, 3.8) is 0 Å². The lowest BCUT2D eigenvalue weighted by Crippen LogP contribution is -2.43. The first-order valence-corrected chi connectivity index (χ1v) is 5.47. The van der Waals surface area contributed by atoms with Gasteiger partial charge in [0.05, 0.1) is 18.9 Å². The molecule has 1 aromatic rings. The van der Waals surface area contributed by atoms with Gasteiger partial charge < -0.3 is 9.64 Å². The molecule has 1 aliphatic rings. The summed E-state index contributed by atoms with van der Waals surface area (Å²) in [6.07, 6.45) is 0. The molecule has 1 saturated heterocycles. The molecule has 0 aromatic carbocycles. The van der Waals surface area contributed by atoms with Crippen molar-refractivity contribution in [3.8, 4) is 0 Å². The minimum absolute atomic E-state index is 0.275. The van der Waals surface area contributed by atoms with E-state index < -0.39 is 0 Å². The van der Waals surface area contributed by atoms with Gasteiger partial charge in [-0.1, -0.05) is 23.2 Å². The molecule has 4 nitrogen and oxygen atoms in total. The van der Waals surface area contributed by atoms with Crippen LogP contribution in [0.2, 0.25) is 10.3 Å².